The van der Waals surface area contributed by atoms with Crippen molar-refractivity contribution in [3.8, 4) is 0 Å². The molecular formula is C17H31N3O2. The van der Waals surface area contributed by atoms with E-state index < -0.39 is 0 Å². The fourth-order valence-electron chi connectivity index (χ4n) is 4.12. The maximum atomic E-state index is 12.3. The largest absolute Gasteiger partial charge is 0.448 e. The first-order chi connectivity index (χ1) is 10.7. The molecule has 0 aromatic carbocycles. The number of amides is 1. The summed E-state index contributed by atoms with van der Waals surface area (Å²) in [5.74, 6) is 0. The molecule has 0 aliphatic carbocycles. The third kappa shape index (κ3) is 4.13. The Hall–Kier alpha value is -0.810. The maximum Gasteiger partial charge on any atom is 0.409 e. The van der Waals surface area contributed by atoms with E-state index in [2.05, 4.69) is 17.1 Å². The average Bonchev–Trinajstić information content (AvgIpc) is 3.04. The number of hydrogen-bond donors (Lipinski definition) is 1. The van der Waals surface area contributed by atoms with Crippen molar-refractivity contribution in [2.75, 3.05) is 32.8 Å². The highest BCUT2D eigenvalue weighted by atomic mass is 16.6. The summed E-state index contributed by atoms with van der Waals surface area (Å²) >= 11 is 0. The number of hydrogen-bond acceptors (Lipinski definition) is 4. The second-order valence-corrected chi connectivity index (χ2v) is 7.26. The lowest BCUT2D eigenvalue weighted by atomic mass is 10.0. The molecule has 0 spiro atoms. The van der Waals surface area contributed by atoms with Crippen LogP contribution in [-0.2, 0) is 4.74 Å². The summed E-state index contributed by atoms with van der Waals surface area (Å²) in [6.07, 6.45) is 8.56. The molecule has 5 heteroatoms. The van der Waals surface area contributed by atoms with Crippen molar-refractivity contribution in [3.05, 3.63) is 0 Å². The third-order valence-electron chi connectivity index (χ3n) is 5.45. The van der Waals surface area contributed by atoms with Gasteiger partial charge in [0.25, 0.3) is 0 Å². The van der Waals surface area contributed by atoms with Crippen LogP contribution in [0.3, 0.4) is 0 Å². The summed E-state index contributed by atoms with van der Waals surface area (Å²) in [4.78, 5) is 16.7. The first-order valence-electron chi connectivity index (χ1n) is 9.14. The van der Waals surface area contributed by atoms with E-state index in [9.17, 15) is 4.79 Å². The molecule has 3 aliphatic heterocycles. The fourth-order valence-corrected chi connectivity index (χ4v) is 4.12. The molecule has 3 aliphatic rings. The second kappa shape index (κ2) is 7.64. The number of likely N-dealkylation sites (tertiary alicyclic amines) is 2. The summed E-state index contributed by atoms with van der Waals surface area (Å²) in [5, 5.41) is 3.52. The van der Waals surface area contributed by atoms with E-state index in [1.165, 1.54) is 45.2 Å². The Kier molecular flexibility index (Phi) is 5.58. The SMILES string of the molecule is C[C@@H]1CCC[C@H](COC(=O)N2CCC(N3CCCCC3)C2)N1. The normalized spacial score (nSPS) is 33.9. The van der Waals surface area contributed by atoms with Crippen molar-refractivity contribution < 1.29 is 9.53 Å². The highest BCUT2D eigenvalue weighted by Gasteiger charge is 2.32. The Bertz CT molecular complexity index is 371. The van der Waals surface area contributed by atoms with Gasteiger partial charge in [-0.3, -0.25) is 4.90 Å². The van der Waals surface area contributed by atoms with E-state index in [1.807, 2.05) is 4.90 Å². The van der Waals surface area contributed by atoms with Crippen LogP contribution in [-0.4, -0.2) is 66.8 Å². The van der Waals surface area contributed by atoms with Crippen LogP contribution in [0.1, 0.15) is 51.9 Å². The molecule has 0 radical (unpaired) electrons. The quantitative estimate of drug-likeness (QED) is 0.868. The monoisotopic (exact) mass is 309 g/mol. The molecule has 1 N–H and O–H groups in total. The predicted molar refractivity (Wildman–Crippen MR) is 87.0 cm³/mol. The minimum Gasteiger partial charge on any atom is -0.448 e. The Morgan fingerprint density at radius 2 is 1.91 bits per heavy atom. The van der Waals surface area contributed by atoms with Gasteiger partial charge in [0, 0.05) is 31.2 Å². The number of rotatable bonds is 3. The van der Waals surface area contributed by atoms with Crippen molar-refractivity contribution in [2.45, 2.75) is 70.0 Å². The summed E-state index contributed by atoms with van der Waals surface area (Å²) in [6.45, 7) is 6.85. The third-order valence-corrected chi connectivity index (χ3v) is 5.45. The van der Waals surface area contributed by atoms with Crippen molar-refractivity contribution >= 4 is 6.09 Å². The van der Waals surface area contributed by atoms with Gasteiger partial charge in [0.1, 0.15) is 6.61 Å². The standard InChI is InChI=1S/C17H31N3O2/c1-14-6-5-7-15(18-14)13-22-17(21)20-11-8-16(12-20)19-9-3-2-4-10-19/h14-16,18H,2-13H2,1H3/t14-,15-,16?/m1/s1. The molecule has 3 rings (SSSR count). The molecule has 0 bridgehead atoms. The van der Waals surface area contributed by atoms with Gasteiger partial charge in [-0.1, -0.05) is 12.8 Å². The summed E-state index contributed by atoms with van der Waals surface area (Å²) in [7, 11) is 0. The van der Waals surface area contributed by atoms with Crippen molar-refractivity contribution in [1.82, 2.24) is 15.1 Å². The molecule has 0 saturated carbocycles. The molecule has 3 fully saturated rings. The lowest BCUT2D eigenvalue weighted by Gasteiger charge is -2.32. The predicted octanol–water partition coefficient (Wildman–Crippen LogP) is 2.21. The molecular weight excluding hydrogens is 278 g/mol. The average molecular weight is 309 g/mol. The van der Waals surface area contributed by atoms with Gasteiger partial charge in [-0.15, -0.1) is 0 Å². The number of nitrogens with zero attached hydrogens (tertiary/aromatic N) is 2. The molecule has 1 amide bonds. The Morgan fingerprint density at radius 1 is 1.09 bits per heavy atom. The Morgan fingerprint density at radius 3 is 2.68 bits per heavy atom. The summed E-state index contributed by atoms with van der Waals surface area (Å²) < 4.78 is 5.56. The molecule has 0 aromatic heterocycles. The summed E-state index contributed by atoms with van der Waals surface area (Å²) in [5.41, 5.74) is 0. The topological polar surface area (TPSA) is 44.8 Å². The minimum absolute atomic E-state index is 0.112. The van der Waals surface area contributed by atoms with Gasteiger partial charge in [-0.2, -0.15) is 0 Å². The minimum atomic E-state index is -0.112. The van der Waals surface area contributed by atoms with Gasteiger partial charge in [-0.05, 0) is 52.1 Å². The van der Waals surface area contributed by atoms with Crippen LogP contribution in [0.25, 0.3) is 0 Å². The maximum absolute atomic E-state index is 12.3. The van der Waals surface area contributed by atoms with Gasteiger partial charge < -0.3 is 15.0 Å². The fraction of sp³-hybridized carbons (Fsp3) is 0.941. The smallest absolute Gasteiger partial charge is 0.409 e. The van der Waals surface area contributed by atoms with Crippen LogP contribution in [0.2, 0.25) is 0 Å². The zero-order chi connectivity index (χ0) is 15.4. The molecule has 5 nitrogen and oxygen atoms in total. The highest BCUT2D eigenvalue weighted by Crippen LogP contribution is 2.21. The van der Waals surface area contributed by atoms with Gasteiger partial charge >= 0.3 is 6.09 Å². The van der Waals surface area contributed by atoms with E-state index in [1.54, 1.807) is 0 Å². The lowest BCUT2D eigenvalue weighted by Crippen LogP contribution is -2.45. The first kappa shape index (κ1) is 16.1. The van der Waals surface area contributed by atoms with E-state index in [0.717, 1.165) is 25.9 Å². The molecule has 0 aromatic rings. The van der Waals surface area contributed by atoms with Crippen LogP contribution >= 0.6 is 0 Å². The number of piperidine rings is 2. The van der Waals surface area contributed by atoms with Gasteiger partial charge in [0.05, 0.1) is 0 Å². The lowest BCUT2D eigenvalue weighted by molar-refractivity contribution is 0.0889. The highest BCUT2D eigenvalue weighted by molar-refractivity contribution is 5.68. The van der Waals surface area contributed by atoms with Crippen LogP contribution in [0, 0.1) is 0 Å². The molecule has 3 atom stereocenters. The summed E-state index contributed by atoms with van der Waals surface area (Å²) in [6, 6.07) is 1.45. The van der Waals surface area contributed by atoms with Crippen LogP contribution < -0.4 is 5.32 Å². The van der Waals surface area contributed by atoms with E-state index in [0.29, 0.717) is 24.7 Å². The van der Waals surface area contributed by atoms with E-state index in [4.69, 9.17) is 4.74 Å². The number of carbonyl (C=O) groups is 1. The van der Waals surface area contributed by atoms with Crippen molar-refractivity contribution in [1.29, 1.82) is 0 Å². The van der Waals surface area contributed by atoms with Crippen molar-refractivity contribution in [3.63, 3.8) is 0 Å². The zero-order valence-electron chi connectivity index (χ0n) is 13.9. The Labute approximate surface area is 134 Å². The van der Waals surface area contributed by atoms with Crippen LogP contribution in [0.15, 0.2) is 0 Å². The van der Waals surface area contributed by atoms with E-state index >= 15 is 0 Å². The molecule has 22 heavy (non-hydrogen) atoms. The first-order valence-corrected chi connectivity index (χ1v) is 9.14. The van der Waals surface area contributed by atoms with Gasteiger partial charge in [0.2, 0.25) is 0 Å². The number of nitrogens with one attached hydrogen (secondary N) is 1. The van der Waals surface area contributed by atoms with Crippen LogP contribution in [0.4, 0.5) is 4.79 Å². The van der Waals surface area contributed by atoms with Crippen LogP contribution in [0.5, 0.6) is 0 Å². The second-order valence-electron chi connectivity index (χ2n) is 7.26. The molecule has 126 valence electrons. The van der Waals surface area contributed by atoms with E-state index in [-0.39, 0.29) is 6.09 Å². The molecule has 3 saturated heterocycles. The Balaban J connectivity index is 1.39. The molecule has 1 unspecified atom stereocenters. The van der Waals surface area contributed by atoms with Gasteiger partial charge in [-0.25, -0.2) is 4.79 Å². The molecule has 3 heterocycles. The number of ether oxygens (including phenoxy) is 1. The number of carbonyl (C=O) groups excluding carboxylic acids is 1. The van der Waals surface area contributed by atoms with Gasteiger partial charge in [0.15, 0.2) is 0 Å². The zero-order valence-corrected chi connectivity index (χ0v) is 13.9. The van der Waals surface area contributed by atoms with Crippen molar-refractivity contribution in [2.24, 2.45) is 0 Å².